The first-order valence-corrected chi connectivity index (χ1v) is 8.69. The lowest BCUT2D eigenvalue weighted by Crippen LogP contribution is -2.35. The van der Waals surface area contributed by atoms with E-state index in [9.17, 15) is 4.79 Å². The Morgan fingerprint density at radius 1 is 1.15 bits per heavy atom. The van der Waals surface area contributed by atoms with Gasteiger partial charge in [0.05, 0.1) is 6.04 Å². The molecule has 6 heteroatoms. The molecule has 0 saturated carbocycles. The van der Waals surface area contributed by atoms with Gasteiger partial charge in [0, 0.05) is 24.7 Å². The number of benzene rings is 2. The van der Waals surface area contributed by atoms with Crippen molar-refractivity contribution in [1.82, 2.24) is 15.5 Å². The number of carbonyl (C=O) groups is 1. The molecule has 1 aliphatic heterocycles. The van der Waals surface area contributed by atoms with Gasteiger partial charge in [-0.25, -0.2) is 0 Å². The van der Waals surface area contributed by atoms with E-state index in [1.807, 2.05) is 42.5 Å². The highest BCUT2D eigenvalue weighted by Gasteiger charge is 2.30. The number of rotatable bonds is 4. The SMILES string of the molecule is Cc1nc(-c2ccc(NC(=O)C3CC(c4ccccc4)CN3)cc2)no1. The summed E-state index contributed by atoms with van der Waals surface area (Å²) in [6.07, 6.45) is 0.802. The lowest BCUT2D eigenvalue weighted by molar-refractivity contribution is -0.117. The van der Waals surface area contributed by atoms with Crippen LogP contribution in [-0.2, 0) is 4.79 Å². The average Bonchev–Trinajstić information content (AvgIpc) is 3.32. The second kappa shape index (κ2) is 7.09. The smallest absolute Gasteiger partial charge is 0.241 e. The van der Waals surface area contributed by atoms with Gasteiger partial charge >= 0.3 is 0 Å². The van der Waals surface area contributed by atoms with Gasteiger partial charge in [-0.05, 0) is 42.2 Å². The summed E-state index contributed by atoms with van der Waals surface area (Å²) in [5.41, 5.74) is 2.88. The van der Waals surface area contributed by atoms with E-state index in [0.717, 1.165) is 24.2 Å². The summed E-state index contributed by atoms with van der Waals surface area (Å²) in [5.74, 6) is 1.43. The molecule has 1 fully saturated rings. The third-order valence-corrected chi connectivity index (χ3v) is 4.66. The summed E-state index contributed by atoms with van der Waals surface area (Å²) in [5, 5.41) is 10.2. The topological polar surface area (TPSA) is 80.0 Å². The molecule has 2 unspecified atom stereocenters. The van der Waals surface area contributed by atoms with Crippen LogP contribution >= 0.6 is 0 Å². The van der Waals surface area contributed by atoms with Gasteiger partial charge < -0.3 is 15.2 Å². The quantitative estimate of drug-likeness (QED) is 0.757. The van der Waals surface area contributed by atoms with Crippen molar-refractivity contribution in [2.45, 2.75) is 25.3 Å². The number of hydrogen-bond donors (Lipinski definition) is 2. The van der Waals surface area contributed by atoms with E-state index in [0.29, 0.717) is 17.6 Å². The fourth-order valence-electron chi connectivity index (χ4n) is 3.26. The molecule has 1 amide bonds. The summed E-state index contributed by atoms with van der Waals surface area (Å²) >= 11 is 0. The number of nitrogens with one attached hydrogen (secondary N) is 2. The van der Waals surface area contributed by atoms with Crippen molar-refractivity contribution < 1.29 is 9.32 Å². The molecule has 0 radical (unpaired) electrons. The molecule has 0 aliphatic carbocycles. The van der Waals surface area contributed by atoms with Crippen LogP contribution in [-0.4, -0.2) is 28.6 Å². The maximum absolute atomic E-state index is 12.5. The van der Waals surface area contributed by atoms with Crippen LogP contribution in [0.1, 0.15) is 23.8 Å². The van der Waals surface area contributed by atoms with Crippen LogP contribution in [0.3, 0.4) is 0 Å². The molecule has 1 aliphatic rings. The van der Waals surface area contributed by atoms with Crippen molar-refractivity contribution in [2.75, 3.05) is 11.9 Å². The van der Waals surface area contributed by atoms with Gasteiger partial charge in [-0.3, -0.25) is 4.79 Å². The molecular formula is C20H20N4O2. The Labute approximate surface area is 151 Å². The summed E-state index contributed by atoms with van der Waals surface area (Å²) in [7, 11) is 0. The largest absolute Gasteiger partial charge is 0.339 e. The number of aryl methyl sites for hydroxylation is 1. The Hall–Kier alpha value is -2.99. The zero-order valence-electron chi connectivity index (χ0n) is 14.5. The molecule has 2 aromatic carbocycles. The van der Waals surface area contributed by atoms with Crippen LogP contribution in [0.2, 0.25) is 0 Å². The third-order valence-electron chi connectivity index (χ3n) is 4.66. The number of aromatic nitrogens is 2. The Morgan fingerprint density at radius 3 is 2.62 bits per heavy atom. The van der Waals surface area contributed by atoms with E-state index >= 15 is 0 Å². The van der Waals surface area contributed by atoms with Crippen molar-refractivity contribution in [2.24, 2.45) is 0 Å². The van der Waals surface area contributed by atoms with Crippen molar-refractivity contribution in [3.05, 3.63) is 66.1 Å². The normalized spacial score (nSPS) is 19.4. The van der Waals surface area contributed by atoms with Gasteiger partial charge in [-0.2, -0.15) is 4.98 Å². The fraction of sp³-hybridized carbons (Fsp3) is 0.250. The number of carbonyl (C=O) groups excluding carboxylic acids is 1. The standard InChI is InChI=1S/C20H20N4O2/c1-13-22-19(24-26-13)15-7-9-17(10-8-15)23-20(25)18-11-16(12-21-18)14-5-3-2-4-6-14/h2-10,16,18,21H,11-12H2,1H3,(H,23,25). The van der Waals surface area contributed by atoms with Gasteiger partial charge in [0.2, 0.25) is 17.6 Å². The van der Waals surface area contributed by atoms with Crippen molar-refractivity contribution >= 4 is 11.6 Å². The van der Waals surface area contributed by atoms with Crippen LogP contribution in [0.25, 0.3) is 11.4 Å². The Balaban J connectivity index is 1.38. The molecule has 1 saturated heterocycles. The molecular weight excluding hydrogens is 328 g/mol. The minimum absolute atomic E-state index is 0.00779. The average molecular weight is 348 g/mol. The van der Waals surface area contributed by atoms with Crippen molar-refractivity contribution in [3.8, 4) is 11.4 Å². The molecule has 4 rings (SSSR count). The van der Waals surface area contributed by atoms with Crippen molar-refractivity contribution in [3.63, 3.8) is 0 Å². The molecule has 6 nitrogen and oxygen atoms in total. The van der Waals surface area contributed by atoms with Gasteiger partial charge in [0.1, 0.15) is 0 Å². The number of amides is 1. The Morgan fingerprint density at radius 2 is 1.92 bits per heavy atom. The predicted octanol–water partition coefficient (Wildman–Crippen LogP) is 3.13. The molecule has 132 valence electrons. The summed E-state index contributed by atoms with van der Waals surface area (Å²) in [6, 6.07) is 17.6. The molecule has 2 heterocycles. The number of anilines is 1. The van der Waals surface area contributed by atoms with Gasteiger partial charge in [0.15, 0.2) is 0 Å². The zero-order valence-corrected chi connectivity index (χ0v) is 14.5. The molecule has 2 N–H and O–H groups in total. The molecule has 0 bridgehead atoms. The van der Waals surface area contributed by atoms with Crippen LogP contribution in [0.4, 0.5) is 5.69 Å². The van der Waals surface area contributed by atoms with E-state index in [-0.39, 0.29) is 11.9 Å². The Bertz CT molecular complexity index is 890. The molecule has 26 heavy (non-hydrogen) atoms. The van der Waals surface area contributed by atoms with E-state index in [1.165, 1.54) is 5.56 Å². The summed E-state index contributed by atoms with van der Waals surface area (Å²) in [4.78, 5) is 16.7. The maximum Gasteiger partial charge on any atom is 0.241 e. The molecule has 1 aromatic heterocycles. The van der Waals surface area contributed by atoms with Crippen molar-refractivity contribution in [1.29, 1.82) is 0 Å². The predicted molar refractivity (Wildman–Crippen MR) is 98.7 cm³/mol. The fourth-order valence-corrected chi connectivity index (χ4v) is 3.26. The van der Waals surface area contributed by atoms with Gasteiger partial charge in [0.25, 0.3) is 0 Å². The highest BCUT2D eigenvalue weighted by molar-refractivity contribution is 5.95. The molecule has 3 aromatic rings. The Kier molecular flexibility index (Phi) is 4.50. The minimum atomic E-state index is -0.181. The second-order valence-corrected chi connectivity index (χ2v) is 6.51. The third kappa shape index (κ3) is 3.50. The highest BCUT2D eigenvalue weighted by Crippen LogP contribution is 2.26. The zero-order chi connectivity index (χ0) is 17.9. The van der Waals surface area contributed by atoms with E-state index < -0.39 is 0 Å². The summed E-state index contributed by atoms with van der Waals surface area (Å²) in [6.45, 7) is 2.57. The maximum atomic E-state index is 12.5. The number of nitrogens with zero attached hydrogens (tertiary/aromatic N) is 2. The first kappa shape index (κ1) is 16.5. The van der Waals surface area contributed by atoms with Gasteiger partial charge in [-0.1, -0.05) is 35.5 Å². The lowest BCUT2D eigenvalue weighted by Gasteiger charge is -2.12. The van der Waals surface area contributed by atoms with Crippen LogP contribution in [0, 0.1) is 6.92 Å². The van der Waals surface area contributed by atoms with Gasteiger partial charge in [-0.15, -0.1) is 0 Å². The number of hydrogen-bond acceptors (Lipinski definition) is 5. The van der Waals surface area contributed by atoms with Crippen LogP contribution in [0.5, 0.6) is 0 Å². The van der Waals surface area contributed by atoms with Crippen LogP contribution in [0.15, 0.2) is 59.1 Å². The summed E-state index contributed by atoms with van der Waals surface area (Å²) < 4.78 is 4.99. The van der Waals surface area contributed by atoms with E-state index in [1.54, 1.807) is 6.92 Å². The molecule has 2 atom stereocenters. The van der Waals surface area contributed by atoms with E-state index in [4.69, 9.17) is 4.52 Å². The first-order chi connectivity index (χ1) is 12.7. The first-order valence-electron chi connectivity index (χ1n) is 8.69. The highest BCUT2D eigenvalue weighted by atomic mass is 16.5. The second-order valence-electron chi connectivity index (χ2n) is 6.51. The lowest BCUT2D eigenvalue weighted by atomic mass is 9.96. The minimum Gasteiger partial charge on any atom is -0.339 e. The molecule has 0 spiro atoms. The van der Waals surface area contributed by atoms with Crippen LogP contribution < -0.4 is 10.6 Å². The monoisotopic (exact) mass is 348 g/mol. The van der Waals surface area contributed by atoms with E-state index in [2.05, 4.69) is 32.9 Å².